The van der Waals surface area contributed by atoms with E-state index in [1.54, 1.807) is 40.9 Å². The third kappa shape index (κ3) is 5.46. The normalized spacial score (nSPS) is 21.6. The van der Waals surface area contributed by atoms with Gasteiger partial charge in [0.05, 0.1) is 23.7 Å². The summed E-state index contributed by atoms with van der Waals surface area (Å²) in [7, 11) is -3.52. The first-order chi connectivity index (χ1) is 13.8. The van der Waals surface area contributed by atoms with Crippen LogP contribution in [0.4, 0.5) is 5.69 Å². The molecule has 0 bridgehead atoms. The summed E-state index contributed by atoms with van der Waals surface area (Å²) in [5.41, 5.74) is 0.557. The predicted octanol–water partition coefficient (Wildman–Crippen LogP) is 3.24. The van der Waals surface area contributed by atoms with Crippen LogP contribution >= 0.6 is 0 Å². The Bertz CT molecular complexity index is 900. The van der Waals surface area contributed by atoms with Crippen LogP contribution in [0.15, 0.2) is 52.0 Å². The van der Waals surface area contributed by atoms with Crippen molar-refractivity contribution in [1.82, 2.24) is 9.62 Å². The van der Waals surface area contributed by atoms with Crippen molar-refractivity contribution in [2.75, 3.05) is 25.0 Å². The third-order valence-corrected chi connectivity index (χ3v) is 7.00. The molecule has 1 aliphatic heterocycles. The molecule has 1 aliphatic rings. The molecule has 2 aromatic rings. The fourth-order valence-electron chi connectivity index (χ4n) is 3.75. The number of amides is 1. The SMILES string of the molecule is C[C@@H]1C[C@H](C)CN(S(=O)(=O)c2ccc(NC(=O)CN[C@@H](C)c3ccco3)cc2)C1. The van der Waals surface area contributed by atoms with E-state index in [1.165, 1.54) is 0 Å². The lowest BCUT2D eigenvalue weighted by Crippen LogP contribution is -2.42. The zero-order chi connectivity index (χ0) is 21.0. The number of benzene rings is 1. The number of hydrogen-bond donors (Lipinski definition) is 2. The second-order valence-corrected chi connectivity index (χ2v) is 9.90. The molecule has 7 nitrogen and oxygen atoms in total. The number of nitrogens with one attached hydrogen (secondary N) is 2. The summed E-state index contributed by atoms with van der Waals surface area (Å²) in [4.78, 5) is 12.4. The minimum Gasteiger partial charge on any atom is -0.468 e. The molecule has 1 saturated heterocycles. The van der Waals surface area contributed by atoms with Gasteiger partial charge in [0.1, 0.15) is 5.76 Å². The number of piperidine rings is 1. The molecule has 0 aliphatic carbocycles. The number of anilines is 1. The zero-order valence-electron chi connectivity index (χ0n) is 17.1. The van der Waals surface area contributed by atoms with Gasteiger partial charge in [-0.15, -0.1) is 0 Å². The highest BCUT2D eigenvalue weighted by Gasteiger charge is 2.31. The van der Waals surface area contributed by atoms with Crippen LogP contribution in [0.1, 0.15) is 39.0 Å². The number of rotatable bonds is 7. The second-order valence-electron chi connectivity index (χ2n) is 7.96. The monoisotopic (exact) mass is 419 g/mol. The average Bonchev–Trinajstić information content (AvgIpc) is 3.21. The maximum absolute atomic E-state index is 12.9. The summed E-state index contributed by atoms with van der Waals surface area (Å²) < 4.78 is 32.7. The van der Waals surface area contributed by atoms with Gasteiger partial charge >= 0.3 is 0 Å². The fourth-order valence-corrected chi connectivity index (χ4v) is 5.43. The highest BCUT2D eigenvalue weighted by Crippen LogP contribution is 2.27. The Hall–Kier alpha value is -2.16. The predicted molar refractivity (Wildman–Crippen MR) is 112 cm³/mol. The highest BCUT2D eigenvalue weighted by molar-refractivity contribution is 7.89. The zero-order valence-corrected chi connectivity index (χ0v) is 17.9. The van der Waals surface area contributed by atoms with Crippen molar-refractivity contribution < 1.29 is 17.6 Å². The van der Waals surface area contributed by atoms with Gasteiger partial charge in [0.15, 0.2) is 0 Å². The van der Waals surface area contributed by atoms with E-state index in [2.05, 4.69) is 24.5 Å². The molecule has 0 spiro atoms. The van der Waals surface area contributed by atoms with Gasteiger partial charge in [0.2, 0.25) is 15.9 Å². The molecule has 3 atom stereocenters. The Morgan fingerprint density at radius 1 is 1.17 bits per heavy atom. The van der Waals surface area contributed by atoms with Crippen molar-refractivity contribution in [3.8, 4) is 0 Å². The summed E-state index contributed by atoms with van der Waals surface area (Å²) in [6.07, 6.45) is 2.64. The van der Waals surface area contributed by atoms with E-state index in [0.29, 0.717) is 30.6 Å². The number of carbonyl (C=O) groups excluding carboxylic acids is 1. The van der Waals surface area contributed by atoms with Crippen molar-refractivity contribution in [2.24, 2.45) is 11.8 Å². The van der Waals surface area contributed by atoms with Gasteiger partial charge < -0.3 is 9.73 Å². The first-order valence-electron chi connectivity index (χ1n) is 9.92. The number of sulfonamides is 1. The van der Waals surface area contributed by atoms with Crippen molar-refractivity contribution >= 4 is 21.6 Å². The Balaban J connectivity index is 1.57. The lowest BCUT2D eigenvalue weighted by Gasteiger charge is -2.34. The molecule has 2 N–H and O–H groups in total. The summed E-state index contributed by atoms with van der Waals surface area (Å²) in [6.45, 7) is 7.28. The highest BCUT2D eigenvalue weighted by atomic mass is 32.2. The van der Waals surface area contributed by atoms with Crippen LogP contribution in [0.25, 0.3) is 0 Å². The Labute approximate surface area is 172 Å². The molecule has 1 amide bonds. The molecular formula is C21H29N3O4S. The average molecular weight is 420 g/mol. The molecule has 1 aromatic heterocycles. The van der Waals surface area contributed by atoms with Gasteiger partial charge in [-0.3, -0.25) is 10.1 Å². The molecule has 2 heterocycles. The standard InChI is InChI=1S/C21H29N3O4S/c1-15-11-16(2)14-24(13-15)29(26,27)19-8-6-18(7-9-19)23-21(25)12-22-17(3)20-5-4-10-28-20/h4-10,15-17,22H,11-14H2,1-3H3,(H,23,25)/t15-,16+,17-/m0/s1. The van der Waals surface area contributed by atoms with E-state index in [0.717, 1.165) is 12.2 Å². The van der Waals surface area contributed by atoms with Gasteiger partial charge in [-0.05, 0) is 61.6 Å². The van der Waals surface area contributed by atoms with Crippen molar-refractivity contribution in [3.05, 3.63) is 48.4 Å². The first-order valence-corrected chi connectivity index (χ1v) is 11.4. The number of furan rings is 1. The van der Waals surface area contributed by atoms with Gasteiger partial charge in [-0.2, -0.15) is 4.31 Å². The Morgan fingerprint density at radius 2 is 1.83 bits per heavy atom. The lowest BCUT2D eigenvalue weighted by molar-refractivity contribution is -0.115. The number of hydrogen-bond acceptors (Lipinski definition) is 5. The Morgan fingerprint density at radius 3 is 2.41 bits per heavy atom. The number of nitrogens with zero attached hydrogens (tertiary/aromatic N) is 1. The lowest BCUT2D eigenvalue weighted by atomic mass is 9.94. The smallest absolute Gasteiger partial charge is 0.243 e. The summed E-state index contributed by atoms with van der Waals surface area (Å²) in [6, 6.07) is 9.90. The van der Waals surface area contributed by atoms with Gasteiger partial charge in [0, 0.05) is 18.8 Å². The maximum Gasteiger partial charge on any atom is 0.243 e. The topological polar surface area (TPSA) is 91.7 Å². The van der Waals surface area contributed by atoms with Gasteiger partial charge in [-0.25, -0.2) is 8.42 Å². The van der Waals surface area contributed by atoms with Crippen LogP contribution in [-0.4, -0.2) is 38.3 Å². The molecule has 0 saturated carbocycles. The van der Waals surface area contributed by atoms with E-state index in [1.807, 2.05) is 13.0 Å². The van der Waals surface area contributed by atoms with E-state index in [4.69, 9.17) is 4.42 Å². The van der Waals surface area contributed by atoms with Crippen LogP contribution in [0.5, 0.6) is 0 Å². The largest absolute Gasteiger partial charge is 0.468 e. The second kappa shape index (κ2) is 9.11. The first kappa shape index (κ1) is 21.5. The van der Waals surface area contributed by atoms with Gasteiger partial charge in [-0.1, -0.05) is 13.8 Å². The van der Waals surface area contributed by atoms with Crippen molar-refractivity contribution in [2.45, 2.75) is 38.1 Å². The summed E-state index contributed by atoms with van der Waals surface area (Å²) >= 11 is 0. The van der Waals surface area contributed by atoms with E-state index in [-0.39, 0.29) is 23.4 Å². The van der Waals surface area contributed by atoms with Crippen LogP contribution in [-0.2, 0) is 14.8 Å². The summed E-state index contributed by atoms with van der Waals surface area (Å²) in [5, 5.41) is 5.86. The fraction of sp³-hybridized carbons (Fsp3) is 0.476. The summed E-state index contributed by atoms with van der Waals surface area (Å²) in [5.74, 6) is 1.25. The van der Waals surface area contributed by atoms with Crippen LogP contribution in [0.3, 0.4) is 0 Å². The molecule has 1 fully saturated rings. The van der Waals surface area contributed by atoms with E-state index >= 15 is 0 Å². The molecular weight excluding hydrogens is 390 g/mol. The minimum absolute atomic E-state index is 0.0856. The van der Waals surface area contributed by atoms with Crippen LogP contribution < -0.4 is 10.6 Å². The molecule has 0 radical (unpaired) electrons. The van der Waals surface area contributed by atoms with Gasteiger partial charge in [0.25, 0.3) is 0 Å². The minimum atomic E-state index is -3.52. The molecule has 3 rings (SSSR count). The molecule has 1 aromatic carbocycles. The third-order valence-electron chi connectivity index (χ3n) is 5.15. The molecule has 8 heteroatoms. The Kier molecular flexibility index (Phi) is 6.77. The molecule has 158 valence electrons. The molecule has 0 unspecified atom stereocenters. The number of carbonyl (C=O) groups is 1. The van der Waals surface area contributed by atoms with E-state index in [9.17, 15) is 13.2 Å². The quantitative estimate of drug-likeness (QED) is 0.719. The maximum atomic E-state index is 12.9. The van der Waals surface area contributed by atoms with E-state index < -0.39 is 10.0 Å². The van der Waals surface area contributed by atoms with Crippen molar-refractivity contribution in [3.63, 3.8) is 0 Å². The van der Waals surface area contributed by atoms with Crippen molar-refractivity contribution in [1.29, 1.82) is 0 Å². The van der Waals surface area contributed by atoms with Crippen LogP contribution in [0, 0.1) is 11.8 Å². The molecule has 29 heavy (non-hydrogen) atoms. The van der Waals surface area contributed by atoms with Crippen LogP contribution in [0.2, 0.25) is 0 Å².